The molecule has 18 heavy (non-hydrogen) atoms. The van der Waals surface area contributed by atoms with Crippen molar-refractivity contribution in [1.29, 1.82) is 0 Å². The summed E-state index contributed by atoms with van der Waals surface area (Å²) in [4.78, 5) is 4.33. The second-order valence-electron chi connectivity index (χ2n) is 3.74. The van der Waals surface area contributed by atoms with E-state index in [1.54, 1.807) is 11.3 Å². The average molecular weight is 257 g/mol. The lowest BCUT2D eigenvalue weighted by Crippen LogP contribution is -1.99. The molecular formula is C13H11N3OS. The summed E-state index contributed by atoms with van der Waals surface area (Å²) in [7, 11) is 0. The number of hydrogen-bond donors (Lipinski definition) is 1. The Morgan fingerprint density at radius 3 is 2.83 bits per heavy atom. The molecule has 2 heterocycles. The quantitative estimate of drug-likeness (QED) is 0.778. The number of anilines is 1. The zero-order valence-corrected chi connectivity index (χ0v) is 10.4. The molecule has 0 atom stereocenters. The van der Waals surface area contributed by atoms with Gasteiger partial charge in [-0.1, -0.05) is 23.4 Å². The topological polar surface area (TPSA) is 51.0 Å². The highest BCUT2D eigenvalue weighted by molar-refractivity contribution is 7.08. The Bertz CT molecular complexity index is 604. The number of hydrogen-bond acceptors (Lipinski definition) is 5. The number of rotatable bonds is 4. The molecule has 2 aromatic heterocycles. The number of thiophene rings is 1. The molecule has 1 aromatic carbocycles. The summed E-state index contributed by atoms with van der Waals surface area (Å²) in [6.07, 6.45) is 0. The lowest BCUT2D eigenvalue weighted by Gasteiger charge is -2.01. The molecule has 0 aliphatic heterocycles. The van der Waals surface area contributed by atoms with E-state index in [-0.39, 0.29) is 0 Å². The molecule has 90 valence electrons. The average Bonchev–Trinajstić information content (AvgIpc) is 3.08. The van der Waals surface area contributed by atoms with Crippen LogP contribution in [0.2, 0.25) is 0 Å². The normalized spacial score (nSPS) is 10.4. The fourth-order valence-electron chi connectivity index (χ4n) is 1.57. The van der Waals surface area contributed by atoms with Crippen molar-refractivity contribution >= 4 is 17.0 Å². The van der Waals surface area contributed by atoms with Crippen LogP contribution in [0.3, 0.4) is 0 Å². The summed E-state index contributed by atoms with van der Waals surface area (Å²) in [5.41, 5.74) is 2.03. The molecule has 0 spiro atoms. The molecule has 3 aromatic rings. The number of aromatic nitrogens is 2. The third-order valence-corrected chi connectivity index (χ3v) is 3.15. The maximum absolute atomic E-state index is 5.19. The zero-order valence-electron chi connectivity index (χ0n) is 9.54. The van der Waals surface area contributed by atoms with Gasteiger partial charge in [-0.05, 0) is 23.6 Å². The molecule has 0 radical (unpaired) electrons. The molecular weight excluding hydrogens is 246 g/mol. The van der Waals surface area contributed by atoms with Crippen LogP contribution in [0.4, 0.5) is 5.69 Å². The van der Waals surface area contributed by atoms with Crippen molar-refractivity contribution in [2.24, 2.45) is 0 Å². The first kappa shape index (κ1) is 11.0. The Labute approximate surface area is 108 Å². The predicted molar refractivity (Wildman–Crippen MR) is 71.4 cm³/mol. The molecule has 0 unspecified atom stereocenters. The maximum atomic E-state index is 5.19. The zero-order chi connectivity index (χ0) is 12.2. The maximum Gasteiger partial charge on any atom is 0.246 e. The van der Waals surface area contributed by atoms with Crippen LogP contribution in [-0.4, -0.2) is 10.1 Å². The lowest BCUT2D eigenvalue weighted by atomic mass is 10.3. The van der Waals surface area contributed by atoms with Crippen LogP contribution in [0.5, 0.6) is 0 Å². The molecule has 0 saturated carbocycles. The Hall–Kier alpha value is -2.14. The van der Waals surface area contributed by atoms with E-state index in [2.05, 4.69) is 15.5 Å². The van der Waals surface area contributed by atoms with E-state index in [9.17, 15) is 0 Å². The van der Waals surface area contributed by atoms with E-state index in [0.29, 0.717) is 18.3 Å². The Balaban J connectivity index is 1.68. The summed E-state index contributed by atoms with van der Waals surface area (Å²) in [6.45, 7) is 0.529. The third-order valence-electron chi connectivity index (χ3n) is 2.46. The van der Waals surface area contributed by atoms with E-state index in [1.165, 1.54) is 0 Å². The van der Waals surface area contributed by atoms with Crippen molar-refractivity contribution in [2.45, 2.75) is 6.54 Å². The van der Waals surface area contributed by atoms with Gasteiger partial charge in [0.2, 0.25) is 11.7 Å². The van der Waals surface area contributed by atoms with Crippen LogP contribution in [-0.2, 0) is 6.54 Å². The second kappa shape index (κ2) is 5.01. The van der Waals surface area contributed by atoms with Gasteiger partial charge < -0.3 is 9.84 Å². The first-order valence-electron chi connectivity index (χ1n) is 5.56. The van der Waals surface area contributed by atoms with Crippen molar-refractivity contribution in [3.63, 3.8) is 0 Å². The Morgan fingerprint density at radius 2 is 2.06 bits per heavy atom. The van der Waals surface area contributed by atoms with Gasteiger partial charge in [0.15, 0.2) is 0 Å². The summed E-state index contributed by atoms with van der Waals surface area (Å²) < 4.78 is 5.19. The van der Waals surface area contributed by atoms with Gasteiger partial charge in [-0.2, -0.15) is 16.3 Å². The smallest absolute Gasteiger partial charge is 0.246 e. The monoisotopic (exact) mass is 257 g/mol. The minimum Gasteiger partial charge on any atom is -0.376 e. The number of para-hydroxylation sites is 1. The fourth-order valence-corrected chi connectivity index (χ4v) is 2.20. The van der Waals surface area contributed by atoms with Gasteiger partial charge in [-0.3, -0.25) is 0 Å². The van der Waals surface area contributed by atoms with E-state index >= 15 is 0 Å². The Morgan fingerprint density at radius 1 is 1.17 bits per heavy atom. The van der Waals surface area contributed by atoms with Crippen LogP contribution in [0.25, 0.3) is 11.4 Å². The van der Waals surface area contributed by atoms with Crippen molar-refractivity contribution in [2.75, 3.05) is 5.32 Å². The van der Waals surface area contributed by atoms with Crippen LogP contribution in [0.1, 0.15) is 5.89 Å². The fraction of sp³-hybridized carbons (Fsp3) is 0.0769. The minimum absolute atomic E-state index is 0.529. The van der Waals surface area contributed by atoms with Gasteiger partial charge in [0.1, 0.15) is 0 Å². The van der Waals surface area contributed by atoms with Gasteiger partial charge in [0.25, 0.3) is 0 Å². The molecule has 0 amide bonds. The van der Waals surface area contributed by atoms with E-state index in [0.717, 1.165) is 11.3 Å². The third kappa shape index (κ3) is 2.41. The first-order chi connectivity index (χ1) is 8.92. The molecule has 1 N–H and O–H groups in total. The van der Waals surface area contributed by atoms with Crippen LogP contribution in [0, 0.1) is 0 Å². The van der Waals surface area contributed by atoms with Crippen molar-refractivity contribution in [3.8, 4) is 11.4 Å². The first-order valence-corrected chi connectivity index (χ1v) is 6.50. The molecule has 3 rings (SSSR count). The largest absolute Gasteiger partial charge is 0.376 e. The lowest BCUT2D eigenvalue weighted by molar-refractivity contribution is 0.384. The summed E-state index contributed by atoms with van der Waals surface area (Å²) in [5, 5.41) is 11.2. The highest BCUT2D eigenvalue weighted by Crippen LogP contribution is 2.18. The molecule has 5 heteroatoms. The number of nitrogens with one attached hydrogen (secondary N) is 1. The van der Waals surface area contributed by atoms with E-state index in [1.807, 2.05) is 47.2 Å². The van der Waals surface area contributed by atoms with Gasteiger partial charge in [-0.15, -0.1) is 0 Å². The molecule has 0 bridgehead atoms. The van der Waals surface area contributed by atoms with E-state index < -0.39 is 0 Å². The van der Waals surface area contributed by atoms with Gasteiger partial charge >= 0.3 is 0 Å². The van der Waals surface area contributed by atoms with Crippen LogP contribution >= 0.6 is 11.3 Å². The molecule has 4 nitrogen and oxygen atoms in total. The summed E-state index contributed by atoms with van der Waals surface area (Å²) >= 11 is 1.62. The van der Waals surface area contributed by atoms with Crippen LogP contribution < -0.4 is 5.32 Å². The van der Waals surface area contributed by atoms with Crippen molar-refractivity contribution in [1.82, 2.24) is 10.1 Å². The van der Waals surface area contributed by atoms with Crippen molar-refractivity contribution < 1.29 is 4.52 Å². The molecule has 0 aliphatic rings. The minimum atomic E-state index is 0.529. The summed E-state index contributed by atoms with van der Waals surface area (Å²) in [5.74, 6) is 1.22. The highest BCUT2D eigenvalue weighted by atomic mass is 32.1. The van der Waals surface area contributed by atoms with Gasteiger partial charge in [0.05, 0.1) is 6.54 Å². The molecule has 0 saturated heterocycles. The Kier molecular flexibility index (Phi) is 3.06. The predicted octanol–water partition coefficient (Wildman–Crippen LogP) is 3.41. The number of nitrogens with zero attached hydrogens (tertiary/aromatic N) is 2. The SMILES string of the molecule is c1ccc(NCc2nc(-c3ccsc3)no2)cc1. The van der Waals surface area contributed by atoms with E-state index in [4.69, 9.17) is 4.52 Å². The second-order valence-corrected chi connectivity index (χ2v) is 4.52. The summed E-state index contributed by atoms with van der Waals surface area (Å²) in [6, 6.07) is 11.9. The van der Waals surface area contributed by atoms with Gasteiger partial charge in [-0.25, -0.2) is 0 Å². The highest BCUT2D eigenvalue weighted by Gasteiger charge is 2.08. The number of benzene rings is 1. The van der Waals surface area contributed by atoms with Gasteiger partial charge in [0, 0.05) is 16.6 Å². The molecule has 0 fully saturated rings. The van der Waals surface area contributed by atoms with Crippen LogP contribution in [0.15, 0.2) is 51.7 Å². The molecule has 0 aliphatic carbocycles. The van der Waals surface area contributed by atoms with Crippen molar-refractivity contribution in [3.05, 3.63) is 53.0 Å². The standard InChI is InChI=1S/C13H11N3OS/c1-2-4-11(5-3-1)14-8-12-15-13(16-17-12)10-6-7-18-9-10/h1-7,9,14H,8H2.